The van der Waals surface area contributed by atoms with Gasteiger partial charge in [-0.05, 0) is 31.2 Å². The van der Waals surface area contributed by atoms with Gasteiger partial charge in [-0.15, -0.1) is 5.10 Å². The molecule has 0 saturated heterocycles. The Morgan fingerprint density at radius 3 is 2.42 bits per heavy atom. The lowest BCUT2D eigenvalue weighted by Gasteiger charge is -2.28. The number of nitrogens with zero attached hydrogens (tertiary/aromatic N) is 3. The van der Waals surface area contributed by atoms with E-state index in [1.807, 2.05) is 30.3 Å². The Labute approximate surface area is 179 Å². The van der Waals surface area contributed by atoms with Crippen LogP contribution in [0.1, 0.15) is 18.5 Å². The van der Waals surface area contributed by atoms with E-state index in [1.54, 1.807) is 45.1 Å². The first-order valence-electron chi connectivity index (χ1n) is 9.58. The number of carbonyl (C=O) groups is 1. The number of amides is 1. The topological polar surface area (TPSA) is 114 Å². The zero-order valence-corrected chi connectivity index (χ0v) is 17.7. The lowest BCUT2D eigenvalue weighted by atomic mass is 9.94. The highest BCUT2D eigenvalue weighted by atomic mass is 16.5. The van der Waals surface area contributed by atoms with Crippen molar-refractivity contribution in [3.8, 4) is 28.6 Å². The van der Waals surface area contributed by atoms with Gasteiger partial charge in [-0.3, -0.25) is 4.79 Å². The summed E-state index contributed by atoms with van der Waals surface area (Å²) in [7, 11) is 4.73. The monoisotopic (exact) mass is 421 g/mol. The van der Waals surface area contributed by atoms with Crippen molar-refractivity contribution in [2.45, 2.75) is 13.0 Å². The molecule has 1 amide bonds. The van der Waals surface area contributed by atoms with E-state index in [9.17, 15) is 4.79 Å². The van der Waals surface area contributed by atoms with Gasteiger partial charge in [0.15, 0.2) is 17.3 Å². The number of allylic oxidation sites excluding steroid dienone is 1. The van der Waals surface area contributed by atoms with Crippen LogP contribution in [0, 0.1) is 0 Å². The molecule has 0 radical (unpaired) electrons. The fourth-order valence-electron chi connectivity index (χ4n) is 3.75. The number of anilines is 1. The van der Waals surface area contributed by atoms with Gasteiger partial charge in [-0.25, -0.2) is 4.68 Å². The van der Waals surface area contributed by atoms with E-state index in [0.717, 1.165) is 11.1 Å². The number of hydrogen-bond donors (Lipinski definition) is 2. The van der Waals surface area contributed by atoms with Gasteiger partial charge in [0.05, 0.1) is 26.9 Å². The average Bonchev–Trinajstić information content (AvgIpc) is 3.20. The Balaban J connectivity index is 1.88. The molecule has 0 bridgehead atoms. The van der Waals surface area contributed by atoms with Crippen LogP contribution in [0.5, 0.6) is 17.2 Å². The van der Waals surface area contributed by atoms with Crippen LogP contribution in [-0.2, 0) is 4.79 Å². The van der Waals surface area contributed by atoms with Crippen LogP contribution in [0.4, 0.5) is 5.95 Å². The Kier molecular flexibility index (Phi) is 5.24. The van der Waals surface area contributed by atoms with E-state index in [0.29, 0.717) is 40.3 Å². The van der Waals surface area contributed by atoms with Crippen LogP contribution in [0.3, 0.4) is 0 Å². The van der Waals surface area contributed by atoms with E-state index < -0.39 is 11.9 Å². The molecule has 0 spiro atoms. The van der Waals surface area contributed by atoms with Crippen molar-refractivity contribution in [2.75, 3.05) is 26.6 Å². The number of hydrogen-bond acceptors (Lipinski definition) is 7. The van der Waals surface area contributed by atoms with Crippen LogP contribution in [0.15, 0.2) is 53.7 Å². The van der Waals surface area contributed by atoms with E-state index >= 15 is 0 Å². The maximum atomic E-state index is 12.4. The number of nitrogens with one attached hydrogen (secondary N) is 1. The van der Waals surface area contributed by atoms with Gasteiger partial charge in [-0.1, -0.05) is 18.2 Å². The maximum Gasteiger partial charge on any atom is 0.248 e. The van der Waals surface area contributed by atoms with Crippen LogP contribution >= 0.6 is 0 Å². The molecule has 1 atom stereocenters. The number of ether oxygens (including phenoxy) is 3. The molecule has 1 aliphatic heterocycles. The van der Waals surface area contributed by atoms with Crippen molar-refractivity contribution < 1.29 is 19.0 Å². The van der Waals surface area contributed by atoms with Gasteiger partial charge >= 0.3 is 0 Å². The third-order valence-corrected chi connectivity index (χ3v) is 5.19. The molecule has 0 fully saturated rings. The summed E-state index contributed by atoms with van der Waals surface area (Å²) < 4.78 is 17.9. The molecule has 3 N–H and O–H groups in total. The molecule has 9 nitrogen and oxygen atoms in total. The first-order chi connectivity index (χ1) is 15.0. The van der Waals surface area contributed by atoms with Gasteiger partial charge in [0, 0.05) is 16.8 Å². The first kappa shape index (κ1) is 20.3. The number of fused-ring (bicyclic) bond motifs is 1. The summed E-state index contributed by atoms with van der Waals surface area (Å²) in [6.07, 6.45) is 0. The number of nitrogens with two attached hydrogens (primary N) is 1. The lowest BCUT2D eigenvalue weighted by Crippen LogP contribution is -2.32. The minimum atomic E-state index is -0.591. The zero-order chi connectivity index (χ0) is 22.1. The lowest BCUT2D eigenvalue weighted by molar-refractivity contribution is -0.115. The molecule has 3 aromatic rings. The second kappa shape index (κ2) is 8.02. The third-order valence-electron chi connectivity index (χ3n) is 5.19. The standard InChI is InChI=1S/C22H23N5O4/c1-12-18(20(23)28)19(14-7-5-6-8-15(14)29-2)27-22(24-12)25-21(26-27)13-9-10-16(30-3)17(11-13)31-4/h5-11,19H,1-4H3,(H2,23,28)(H,24,25,26). The Bertz CT molecular complexity index is 1180. The summed E-state index contributed by atoms with van der Waals surface area (Å²) >= 11 is 0. The molecule has 1 aromatic heterocycles. The quantitative estimate of drug-likeness (QED) is 0.629. The summed E-state index contributed by atoms with van der Waals surface area (Å²) in [5.41, 5.74) is 8.24. The van der Waals surface area contributed by atoms with E-state index in [-0.39, 0.29) is 0 Å². The minimum Gasteiger partial charge on any atom is -0.496 e. The van der Waals surface area contributed by atoms with Crippen molar-refractivity contribution in [1.29, 1.82) is 0 Å². The molecule has 31 heavy (non-hydrogen) atoms. The van der Waals surface area contributed by atoms with Gasteiger partial charge in [0.25, 0.3) is 0 Å². The van der Waals surface area contributed by atoms with Crippen molar-refractivity contribution in [1.82, 2.24) is 14.8 Å². The Hall–Kier alpha value is -4.01. The number of rotatable bonds is 6. The van der Waals surface area contributed by atoms with Gasteiger partial charge in [0.1, 0.15) is 11.8 Å². The highest BCUT2D eigenvalue weighted by Crippen LogP contribution is 2.40. The van der Waals surface area contributed by atoms with E-state index in [1.165, 1.54) is 0 Å². The average molecular weight is 421 g/mol. The number of methoxy groups -OCH3 is 3. The molecule has 0 saturated carbocycles. The van der Waals surface area contributed by atoms with E-state index in [4.69, 9.17) is 25.0 Å². The van der Waals surface area contributed by atoms with Crippen molar-refractivity contribution in [2.24, 2.45) is 5.73 Å². The van der Waals surface area contributed by atoms with Gasteiger partial charge in [-0.2, -0.15) is 4.98 Å². The smallest absolute Gasteiger partial charge is 0.248 e. The Morgan fingerprint density at radius 2 is 1.74 bits per heavy atom. The van der Waals surface area contributed by atoms with Crippen LogP contribution in [0.25, 0.3) is 11.4 Å². The molecule has 2 aromatic carbocycles. The first-order valence-corrected chi connectivity index (χ1v) is 9.58. The Morgan fingerprint density at radius 1 is 1.03 bits per heavy atom. The van der Waals surface area contributed by atoms with Crippen molar-refractivity contribution >= 4 is 11.9 Å². The largest absolute Gasteiger partial charge is 0.496 e. The fourth-order valence-corrected chi connectivity index (χ4v) is 3.75. The molecule has 9 heteroatoms. The SMILES string of the molecule is COc1ccc(-c2nc3n(n2)C(c2ccccc2OC)C(C(N)=O)=C(C)N3)cc1OC. The van der Waals surface area contributed by atoms with E-state index in [2.05, 4.69) is 10.3 Å². The molecule has 1 aliphatic rings. The molecule has 4 rings (SSSR count). The number of primary amides is 1. The summed E-state index contributed by atoms with van der Waals surface area (Å²) in [5, 5.41) is 7.84. The van der Waals surface area contributed by atoms with Crippen molar-refractivity contribution in [3.05, 3.63) is 59.3 Å². The predicted molar refractivity (Wildman–Crippen MR) is 115 cm³/mol. The molecule has 160 valence electrons. The molecule has 0 aliphatic carbocycles. The molecular formula is C22H23N5O4. The molecule has 1 unspecified atom stereocenters. The van der Waals surface area contributed by atoms with Crippen LogP contribution < -0.4 is 25.3 Å². The fraction of sp³-hybridized carbons (Fsp3) is 0.227. The summed E-state index contributed by atoms with van der Waals surface area (Å²) in [5.74, 6) is 2.19. The number of aromatic nitrogens is 3. The summed E-state index contributed by atoms with van der Waals surface area (Å²) in [6.45, 7) is 1.79. The predicted octanol–water partition coefficient (Wildman–Crippen LogP) is 2.75. The highest BCUT2D eigenvalue weighted by molar-refractivity contribution is 5.95. The summed E-state index contributed by atoms with van der Waals surface area (Å²) in [6, 6.07) is 12.3. The maximum absolute atomic E-state index is 12.4. The number of benzene rings is 2. The molecular weight excluding hydrogens is 398 g/mol. The molecule has 2 heterocycles. The van der Waals surface area contributed by atoms with Gasteiger partial charge < -0.3 is 25.3 Å². The highest BCUT2D eigenvalue weighted by Gasteiger charge is 2.35. The third kappa shape index (κ3) is 3.43. The second-order valence-corrected chi connectivity index (χ2v) is 6.95. The summed E-state index contributed by atoms with van der Waals surface area (Å²) in [4.78, 5) is 17.0. The van der Waals surface area contributed by atoms with Crippen molar-refractivity contribution in [3.63, 3.8) is 0 Å². The normalized spacial score (nSPS) is 15.2. The zero-order valence-electron chi connectivity index (χ0n) is 17.7. The number of para-hydroxylation sites is 1. The second-order valence-electron chi connectivity index (χ2n) is 6.95. The van der Waals surface area contributed by atoms with Gasteiger partial charge in [0.2, 0.25) is 11.9 Å². The minimum absolute atomic E-state index is 0.390. The van der Waals surface area contributed by atoms with Crippen LogP contribution in [0.2, 0.25) is 0 Å². The van der Waals surface area contributed by atoms with Crippen LogP contribution in [-0.4, -0.2) is 42.0 Å². The number of carbonyl (C=O) groups excluding carboxylic acids is 1.